The largest absolute Gasteiger partial charge is 0.468 e. The highest BCUT2D eigenvalue weighted by Gasteiger charge is 2.67. The molecule has 0 spiro atoms. The normalized spacial score (nSPS) is 22.0. The van der Waals surface area contributed by atoms with Gasteiger partial charge in [-0.2, -0.15) is 0 Å². The quantitative estimate of drug-likeness (QED) is 0.533. The molecule has 3 heterocycles. The Morgan fingerprint density at radius 3 is 2.37 bits per heavy atom. The lowest BCUT2D eigenvalue weighted by molar-refractivity contribution is -0.125. The van der Waals surface area contributed by atoms with Gasteiger partial charge in [-0.1, -0.05) is 48.5 Å². The van der Waals surface area contributed by atoms with Gasteiger partial charge >= 0.3 is 12.2 Å². The van der Waals surface area contributed by atoms with E-state index in [9.17, 15) is 14.4 Å². The Hall–Kier alpha value is -4.27. The molecule has 2 aliphatic rings. The lowest BCUT2D eigenvalue weighted by atomic mass is 9.76. The van der Waals surface area contributed by atoms with Crippen molar-refractivity contribution in [1.29, 1.82) is 0 Å². The molecule has 0 saturated carbocycles. The van der Waals surface area contributed by atoms with E-state index in [2.05, 4.69) is 5.32 Å². The second-order valence-corrected chi connectivity index (χ2v) is 10.5. The number of benzene rings is 2. The molecule has 9 nitrogen and oxygen atoms in total. The lowest BCUT2D eigenvalue weighted by Crippen LogP contribution is -2.58. The maximum absolute atomic E-state index is 13.8. The van der Waals surface area contributed by atoms with Gasteiger partial charge in [0.25, 0.3) is 0 Å². The molecule has 0 bridgehead atoms. The number of rotatable bonds is 4. The second kappa shape index (κ2) is 9.55. The Morgan fingerprint density at radius 1 is 1.00 bits per heavy atom. The SMILES string of the molecule is CNC(=O)[C@H]1C[C@]2(c3ccco3)c3ccccc3N(C(=O)OCc3ccccc3)[C@@H]2N1C(=O)OC(C)(C)C. The average Bonchev–Trinajstić information content (AvgIpc) is 3.60. The fraction of sp³-hybridized carbons (Fsp3) is 0.345. The molecule has 3 amide bonds. The van der Waals surface area contributed by atoms with Gasteiger partial charge in [-0.25, -0.2) is 9.59 Å². The second-order valence-electron chi connectivity index (χ2n) is 10.5. The maximum atomic E-state index is 13.8. The zero-order valence-electron chi connectivity index (χ0n) is 21.8. The molecule has 38 heavy (non-hydrogen) atoms. The van der Waals surface area contributed by atoms with Gasteiger partial charge in [-0.15, -0.1) is 0 Å². The minimum Gasteiger partial charge on any atom is -0.468 e. The number of ether oxygens (including phenoxy) is 2. The fourth-order valence-corrected chi connectivity index (χ4v) is 5.51. The molecular formula is C29H31N3O6. The number of carbonyl (C=O) groups excluding carboxylic acids is 3. The summed E-state index contributed by atoms with van der Waals surface area (Å²) in [7, 11) is 1.52. The molecule has 1 saturated heterocycles. The van der Waals surface area contributed by atoms with E-state index < -0.39 is 35.4 Å². The van der Waals surface area contributed by atoms with E-state index in [4.69, 9.17) is 13.9 Å². The smallest absolute Gasteiger partial charge is 0.416 e. The van der Waals surface area contributed by atoms with Crippen molar-refractivity contribution in [1.82, 2.24) is 10.2 Å². The molecule has 3 atom stereocenters. The van der Waals surface area contributed by atoms with Crippen LogP contribution in [-0.4, -0.2) is 47.8 Å². The first kappa shape index (κ1) is 25.4. The molecule has 2 aromatic carbocycles. The number of likely N-dealkylation sites (N-methyl/N-ethyl adjacent to an activating group) is 1. The summed E-state index contributed by atoms with van der Waals surface area (Å²) in [5.74, 6) is 0.166. The molecule has 1 fully saturated rings. The summed E-state index contributed by atoms with van der Waals surface area (Å²) < 4.78 is 17.5. The molecule has 3 aromatic rings. The van der Waals surface area contributed by atoms with Crippen LogP contribution >= 0.6 is 0 Å². The van der Waals surface area contributed by atoms with E-state index in [0.29, 0.717) is 11.4 Å². The molecule has 0 unspecified atom stereocenters. The Balaban J connectivity index is 1.66. The standard InChI is InChI=1S/C29H31N3O6/c1-28(2,3)38-27(35)32-22(24(33)30-4)17-29(23-15-10-16-36-23)20-13-8-9-14-21(20)31(25(29)32)26(34)37-18-19-11-6-5-7-12-19/h5-16,22,25H,17-18H2,1-4H3,(H,30,33)/t22-,25-,29-/m1/s1. The van der Waals surface area contributed by atoms with Gasteiger partial charge in [0.05, 0.1) is 17.4 Å². The minimum absolute atomic E-state index is 0.0458. The summed E-state index contributed by atoms with van der Waals surface area (Å²) in [5, 5.41) is 2.67. The monoisotopic (exact) mass is 517 g/mol. The first-order chi connectivity index (χ1) is 18.2. The number of amides is 3. The number of fused-ring (bicyclic) bond motifs is 3. The topological polar surface area (TPSA) is 101 Å². The van der Waals surface area contributed by atoms with Crippen LogP contribution < -0.4 is 10.2 Å². The first-order valence-electron chi connectivity index (χ1n) is 12.5. The van der Waals surface area contributed by atoms with E-state index >= 15 is 0 Å². The van der Waals surface area contributed by atoms with Crippen LogP contribution in [0.4, 0.5) is 15.3 Å². The Bertz CT molecular complexity index is 1330. The van der Waals surface area contributed by atoms with Crippen molar-refractivity contribution in [3.63, 3.8) is 0 Å². The minimum atomic E-state index is -1.03. The van der Waals surface area contributed by atoms with Crippen LogP contribution in [0.15, 0.2) is 77.4 Å². The highest BCUT2D eigenvalue weighted by atomic mass is 16.6. The molecule has 9 heteroatoms. The summed E-state index contributed by atoms with van der Waals surface area (Å²) >= 11 is 0. The molecule has 1 N–H and O–H groups in total. The molecule has 0 aliphatic carbocycles. The van der Waals surface area contributed by atoms with Crippen LogP contribution in [0, 0.1) is 0 Å². The third-order valence-electron chi connectivity index (χ3n) is 6.96. The fourth-order valence-electron chi connectivity index (χ4n) is 5.51. The van der Waals surface area contributed by atoms with Gasteiger partial charge in [0, 0.05) is 7.05 Å². The first-order valence-corrected chi connectivity index (χ1v) is 12.5. The van der Waals surface area contributed by atoms with E-state index in [1.807, 2.05) is 60.7 Å². The summed E-state index contributed by atoms with van der Waals surface area (Å²) in [4.78, 5) is 43.6. The number of para-hydroxylation sites is 1. The highest BCUT2D eigenvalue weighted by molar-refractivity contribution is 5.96. The zero-order chi connectivity index (χ0) is 27.1. The van der Waals surface area contributed by atoms with Gasteiger partial charge in [0.15, 0.2) is 0 Å². The van der Waals surface area contributed by atoms with Crippen molar-refractivity contribution >= 4 is 23.8 Å². The Kier molecular flexibility index (Phi) is 6.38. The van der Waals surface area contributed by atoms with Crippen molar-refractivity contribution in [3.05, 3.63) is 89.9 Å². The third-order valence-corrected chi connectivity index (χ3v) is 6.96. The number of nitrogens with zero attached hydrogens (tertiary/aromatic N) is 2. The number of carbonyl (C=O) groups is 3. The van der Waals surface area contributed by atoms with E-state index in [1.165, 1.54) is 16.8 Å². The predicted molar refractivity (Wildman–Crippen MR) is 139 cm³/mol. The van der Waals surface area contributed by atoms with Crippen molar-refractivity contribution in [2.24, 2.45) is 0 Å². The summed E-state index contributed by atoms with van der Waals surface area (Å²) in [6, 6.07) is 19.4. The number of anilines is 1. The van der Waals surface area contributed by atoms with Gasteiger partial charge in [0.1, 0.15) is 30.2 Å². The van der Waals surface area contributed by atoms with Crippen LogP contribution in [-0.2, 0) is 26.3 Å². The number of nitrogens with one attached hydrogen (secondary N) is 1. The molecule has 0 radical (unpaired) electrons. The van der Waals surface area contributed by atoms with Crippen LogP contribution in [0.2, 0.25) is 0 Å². The number of hydrogen-bond donors (Lipinski definition) is 1. The Labute approximate surface area is 221 Å². The van der Waals surface area contributed by atoms with Crippen molar-refractivity contribution in [2.75, 3.05) is 11.9 Å². The van der Waals surface area contributed by atoms with Crippen LogP contribution in [0.25, 0.3) is 0 Å². The van der Waals surface area contributed by atoms with E-state index in [-0.39, 0.29) is 18.9 Å². The van der Waals surface area contributed by atoms with Crippen molar-refractivity contribution in [2.45, 2.75) is 57.0 Å². The van der Waals surface area contributed by atoms with Gasteiger partial charge in [-0.05, 0) is 56.5 Å². The highest BCUT2D eigenvalue weighted by Crippen LogP contribution is 2.58. The summed E-state index contributed by atoms with van der Waals surface area (Å²) in [5.41, 5.74) is 0.307. The molecular weight excluding hydrogens is 486 g/mol. The lowest BCUT2D eigenvalue weighted by Gasteiger charge is -2.37. The van der Waals surface area contributed by atoms with E-state index in [0.717, 1.165) is 11.1 Å². The number of likely N-dealkylation sites (tertiary alicyclic amines) is 1. The summed E-state index contributed by atoms with van der Waals surface area (Å²) in [6.07, 6.45) is -0.593. The van der Waals surface area contributed by atoms with E-state index in [1.54, 1.807) is 33.1 Å². The number of furan rings is 1. The average molecular weight is 518 g/mol. The molecule has 2 aliphatic heterocycles. The molecule has 1 aromatic heterocycles. The van der Waals surface area contributed by atoms with Crippen LogP contribution in [0.1, 0.15) is 44.1 Å². The summed E-state index contributed by atoms with van der Waals surface area (Å²) in [6.45, 7) is 5.31. The predicted octanol–water partition coefficient (Wildman–Crippen LogP) is 4.80. The molecule has 198 valence electrons. The van der Waals surface area contributed by atoms with Gasteiger partial charge in [0.2, 0.25) is 5.91 Å². The number of hydrogen-bond acceptors (Lipinski definition) is 6. The zero-order valence-corrected chi connectivity index (χ0v) is 21.8. The third kappa shape index (κ3) is 4.17. The maximum Gasteiger partial charge on any atom is 0.416 e. The van der Waals surface area contributed by atoms with Crippen LogP contribution in [0.3, 0.4) is 0 Å². The van der Waals surface area contributed by atoms with Gasteiger partial charge < -0.3 is 19.2 Å². The van der Waals surface area contributed by atoms with Crippen LogP contribution in [0.5, 0.6) is 0 Å². The molecule has 5 rings (SSSR count). The van der Waals surface area contributed by atoms with Gasteiger partial charge in [-0.3, -0.25) is 14.6 Å². The Morgan fingerprint density at radius 2 is 1.71 bits per heavy atom. The van der Waals surface area contributed by atoms with Crippen molar-refractivity contribution in [3.8, 4) is 0 Å². The van der Waals surface area contributed by atoms with Crippen molar-refractivity contribution < 1.29 is 28.3 Å².